The van der Waals surface area contributed by atoms with Crippen LogP contribution in [0.3, 0.4) is 0 Å². The summed E-state index contributed by atoms with van der Waals surface area (Å²) < 4.78 is 17.7. The highest BCUT2D eigenvalue weighted by Gasteiger charge is 2.19. The number of hydrogen-bond acceptors (Lipinski definition) is 3. The van der Waals surface area contributed by atoms with Crippen LogP contribution in [0.25, 0.3) is 0 Å². The summed E-state index contributed by atoms with van der Waals surface area (Å²) in [7, 11) is 1.18. The minimum atomic E-state index is -1.64. The molecule has 1 N–H and O–H groups in total. The Morgan fingerprint density at radius 2 is 2.07 bits per heavy atom. The van der Waals surface area contributed by atoms with Crippen molar-refractivity contribution in [3.63, 3.8) is 0 Å². The van der Waals surface area contributed by atoms with Gasteiger partial charge < -0.3 is 9.84 Å². The van der Waals surface area contributed by atoms with E-state index in [1.165, 1.54) is 7.11 Å². The molecule has 1 aromatic rings. The van der Waals surface area contributed by atoms with Crippen molar-refractivity contribution in [2.75, 3.05) is 7.11 Å². The van der Waals surface area contributed by atoms with Gasteiger partial charge in [-0.3, -0.25) is 4.79 Å². The van der Waals surface area contributed by atoms with Crippen LogP contribution in [-0.4, -0.2) is 24.0 Å². The van der Waals surface area contributed by atoms with E-state index in [-0.39, 0.29) is 16.3 Å². The van der Waals surface area contributed by atoms with Crippen molar-refractivity contribution in [1.29, 1.82) is 0 Å². The summed E-state index contributed by atoms with van der Waals surface area (Å²) in [6.07, 6.45) is 0. The zero-order valence-electron chi connectivity index (χ0n) is 7.58. The fourth-order valence-electron chi connectivity index (χ4n) is 0.967. The lowest BCUT2D eigenvalue weighted by molar-refractivity contribution is -0.131. The molecule has 0 aliphatic carbocycles. The number of hydrogen-bond donors (Lipinski definition) is 1. The molecule has 15 heavy (non-hydrogen) atoms. The maximum atomic E-state index is 13.1. The standard InChI is InChI=1S/C9H6ClFO4/c1-15-6-3-4(8(12)9(13)14)2-5(10)7(6)11/h2-3H,1H3,(H,13,14). The molecular weight excluding hydrogens is 227 g/mol. The molecule has 0 bridgehead atoms. The first-order valence-electron chi connectivity index (χ1n) is 3.78. The average Bonchev–Trinajstić information content (AvgIpc) is 2.20. The monoisotopic (exact) mass is 232 g/mol. The second-order valence-electron chi connectivity index (χ2n) is 2.61. The molecule has 0 spiro atoms. The van der Waals surface area contributed by atoms with E-state index in [0.717, 1.165) is 12.1 Å². The zero-order chi connectivity index (χ0) is 11.6. The Labute approximate surface area is 89.2 Å². The molecule has 0 aromatic heterocycles. The van der Waals surface area contributed by atoms with E-state index in [0.29, 0.717) is 0 Å². The lowest BCUT2D eigenvalue weighted by Crippen LogP contribution is -2.13. The minimum absolute atomic E-state index is 0.231. The number of carbonyl (C=O) groups is 2. The van der Waals surface area contributed by atoms with Crippen LogP contribution in [0, 0.1) is 5.82 Å². The molecular formula is C9H6ClFO4. The van der Waals surface area contributed by atoms with E-state index in [4.69, 9.17) is 16.7 Å². The van der Waals surface area contributed by atoms with Gasteiger partial charge in [-0.25, -0.2) is 9.18 Å². The number of carbonyl (C=O) groups excluding carboxylic acids is 1. The second-order valence-corrected chi connectivity index (χ2v) is 3.02. The maximum absolute atomic E-state index is 13.1. The smallest absolute Gasteiger partial charge is 0.377 e. The molecule has 0 radical (unpaired) electrons. The number of aliphatic carboxylic acids is 1. The van der Waals surface area contributed by atoms with E-state index in [2.05, 4.69) is 4.74 Å². The number of carboxylic acids is 1. The summed E-state index contributed by atoms with van der Waals surface area (Å²) >= 11 is 5.45. The van der Waals surface area contributed by atoms with Crippen molar-refractivity contribution < 1.29 is 23.8 Å². The molecule has 0 atom stereocenters. The van der Waals surface area contributed by atoms with Crippen molar-refractivity contribution in [3.8, 4) is 5.75 Å². The van der Waals surface area contributed by atoms with Gasteiger partial charge in [0.1, 0.15) is 0 Å². The van der Waals surface area contributed by atoms with E-state index >= 15 is 0 Å². The summed E-state index contributed by atoms with van der Waals surface area (Å²) in [5.74, 6) is -3.91. The molecule has 4 nitrogen and oxygen atoms in total. The Morgan fingerprint density at radius 1 is 1.47 bits per heavy atom. The lowest BCUT2D eigenvalue weighted by atomic mass is 10.1. The highest BCUT2D eigenvalue weighted by molar-refractivity contribution is 6.40. The number of halogens is 2. The number of Topliss-reactive ketones (excluding diaryl/α,β-unsaturated/α-hetero) is 1. The fourth-order valence-corrected chi connectivity index (χ4v) is 1.18. The zero-order valence-corrected chi connectivity index (χ0v) is 8.34. The van der Waals surface area contributed by atoms with Gasteiger partial charge in [0, 0.05) is 5.56 Å². The van der Waals surface area contributed by atoms with Crippen molar-refractivity contribution in [1.82, 2.24) is 0 Å². The largest absolute Gasteiger partial charge is 0.494 e. The predicted octanol–water partition coefficient (Wildman–Crippen LogP) is 1.76. The Hall–Kier alpha value is -1.62. The first-order valence-corrected chi connectivity index (χ1v) is 4.15. The molecule has 6 heteroatoms. The number of rotatable bonds is 3. The molecule has 0 saturated heterocycles. The van der Waals surface area contributed by atoms with E-state index in [1.54, 1.807) is 0 Å². The van der Waals surface area contributed by atoms with Crippen LogP contribution < -0.4 is 4.74 Å². The van der Waals surface area contributed by atoms with Crippen molar-refractivity contribution in [3.05, 3.63) is 28.5 Å². The van der Waals surface area contributed by atoms with Gasteiger partial charge in [0.15, 0.2) is 11.6 Å². The third-order valence-corrected chi connectivity index (χ3v) is 1.95. The molecule has 0 amide bonds. The van der Waals surface area contributed by atoms with Crippen LogP contribution in [0.4, 0.5) is 4.39 Å². The summed E-state index contributed by atoms with van der Waals surface area (Å²) in [5, 5.41) is 8.07. The molecule has 0 aliphatic heterocycles. The average molecular weight is 233 g/mol. The van der Waals surface area contributed by atoms with Crippen molar-refractivity contribution in [2.45, 2.75) is 0 Å². The third-order valence-electron chi connectivity index (χ3n) is 1.67. The summed E-state index contributed by atoms with van der Waals surface area (Å²) in [6.45, 7) is 0. The van der Waals surface area contributed by atoms with Crippen LogP contribution >= 0.6 is 11.6 Å². The molecule has 1 rings (SSSR count). The summed E-state index contributed by atoms with van der Waals surface area (Å²) in [5.41, 5.74) is -0.231. The van der Waals surface area contributed by atoms with Crippen LogP contribution in [0.2, 0.25) is 5.02 Å². The van der Waals surface area contributed by atoms with Gasteiger partial charge in [-0.1, -0.05) is 11.6 Å². The number of methoxy groups -OCH3 is 1. The van der Waals surface area contributed by atoms with E-state index in [9.17, 15) is 14.0 Å². The molecule has 0 heterocycles. The molecule has 0 fully saturated rings. The predicted molar refractivity (Wildman–Crippen MR) is 49.9 cm³/mol. The SMILES string of the molecule is COc1cc(C(=O)C(=O)O)cc(Cl)c1F. The number of benzene rings is 1. The molecule has 0 unspecified atom stereocenters. The van der Waals surface area contributed by atoms with Crippen LogP contribution in [0.5, 0.6) is 5.75 Å². The number of carboxylic acid groups (broad SMARTS) is 1. The Morgan fingerprint density at radius 3 is 2.53 bits per heavy atom. The van der Waals surface area contributed by atoms with Gasteiger partial charge in [-0.2, -0.15) is 0 Å². The summed E-state index contributed by atoms with van der Waals surface area (Å²) in [6, 6.07) is 1.92. The second kappa shape index (κ2) is 4.27. The summed E-state index contributed by atoms with van der Waals surface area (Å²) in [4.78, 5) is 21.4. The lowest BCUT2D eigenvalue weighted by Gasteiger charge is -2.05. The van der Waals surface area contributed by atoms with Crippen molar-refractivity contribution in [2.24, 2.45) is 0 Å². The quantitative estimate of drug-likeness (QED) is 0.637. The van der Waals surface area contributed by atoms with Gasteiger partial charge in [0.2, 0.25) is 0 Å². The molecule has 0 aliphatic rings. The van der Waals surface area contributed by atoms with Gasteiger partial charge in [0.25, 0.3) is 5.78 Å². The van der Waals surface area contributed by atoms with Crippen LogP contribution in [0.1, 0.15) is 10.4 Å². The first-order chi connectivity index (χ1) is 6.97. The first kappa shape index (κ1) is 11.5. The number of ketones is 1. The van der Waals surface area contributed by atoms with E-state index < -0.39 is 17.6 Å². The molecule has 80 valence electrons. The van der Waals surface area contributed by atoms with Gasteiger partial charge in [-0.15, -0.1) is 0 Å². The number of ether oxygens (including phenoxy) is 1. The van der Waals surface area contributed by atoms with Crippen LogP contribution in [-0.2, 0) is 4.79 Å². The molecule has 0 saturated carbocycles. The van der Waals surface area contributed by atoms with Crippen LogP contribution in [0.15, 0.2) is 12.1 Å². The minimum Gasteiger partial charge on any atom is -0.494 e. The van der Waals surface area contributed by atoms with E-state index in [1.807, 2.05) is 0 Å². The van der Waals surface area contributed by atoms with Gasteiger partial charge in [-0.05, 0) is 12.1 Å². The Kier molecular flexibility index (Phi) is 3.26. The molecule has 1 aromatic carbocycles. The van der Waals surface area contributed by atoms with Crippen molar-refractivity contribution >= 4 is 23.4 Å². The maximum Gasteiger partial charge on any atom is 0.377 e. The Balaban J connectivity index is 3.28. The fraction of sp³-hybridized carbons (Fsp3) is 0.111. The topological polar surface area (TPSA) is 63.6 Å². The third kappa shape index (κ3) is 2.24. The normalized spacial score (nSPS) is 9.80. The highest BCUT2D eigenvalue weighted by Crippen LogP contribution is 2.26. The van der Waals surface area contributed by atoms with Gasteiger partial charge >= 0.3 is 5.97 Å². The highest BCUT2D eigenvalue weighted by atomic mass is 35.5. The Bertz CT molecular complexity index is 430. The van der Waals surface area contributed by atoms with Gasteiger partial charge in [0.05, 0.1) is 12.1 Å².